The molecule has 0 aliphatic carbocycles. The molecule has 1 aromatic heterocycles. The number of hydrogen-bond acceptors (Lipinski definition) is 6. The van der Waals surface area contributed by atoms with Crippen molar-refractivity contribution in [3.8, 4) is 0 Å². The van der Waals surface area contributed by atoms with E-state index >= 15 is 0 Å². The lowest BCUT2D eigenvalue weighted by atomic mass is 10.2. The highest BCUT2D eigenvalue weighted by atomic mass is 32.2. The van der Waals surface area contributed by atoms with Gasteiger partial charge in [-0.25, -0.2) is 9.78 Å². The van der Waals surface area contributed by atoms with E-state index in [4.69, 9.17) is 16.6 Å². The van der Waals surface area contributed by atoms with Crippen molar-refractivity contribution in [3.05, 3.63) is 40.2 Å². The number of rotatable bonds is 3. The van der Waals surface area contributed by atoms with Gasteiger partial charge >= 0.3 is 5.97 Å². The van der Waals surface area contributed by atoms with Crippen molar-refractivity contribution < 1.29 is 9.90 Å². The van der Waals surface area contributed by atoms with Crippen LogP contribution in [0.4, 0.5) is 11.5 Å². The summed E-state index contributed by atoms with van der Waals surface area (Å²) >= 11 is 1.04. The summed E-state index contributed by atoms with van der Waals surface area (Å²) in [6.07, 6.45) is 0. The second-order valence-electron chi connectivity index (χ2n) is 3.60. The van der Waals surface area contributed by atoms with E-state index in [9.17, 15) is 9.59 Å². The molecule has 98 valence electrons. The molecule has 0 saturated carbocycles. The van der Waals surface area contributed by atoms with Crippen LogP contribution in [0.2, 0.25) is 0 Å². The lowest BCUT2D eigenvalue weighted by Gasteiger charge is -2.07. The predicted octanol–water partition coefficient (Wildman–Crippen LogP) is 0.784. The lowest BCUT2D eigenvalue weighted by molar-refractivity contribution is 0.0698. The molecule has 0 fully saturated rings. The molecule has 19 heavy (non-hydrogen) atoms. The van der Waals surface area contributed by atoms with Gasteiger partial charge in [0.25, 0.3) is 5.56 Å². The van der Waals surface area contributed by atoms with Crippen LogP contribution in [0.25, 0.3) is 0 Å². The maximum atomic E-state index is 11.2. The van der Waals surface area contributed by atoms with Gasteiger partial charge in [-0.05, 0) is 23.9 Å². The summed E-state index contributed by atoms with van der Waals surface area (Å²) in [5, 5.41) is 9.21. The van der Waals surface area contributed by atoms with Crippen molar-refractivity contribution in [1.29, 1.82) is 0 Å². The zero-order chi connectivity index (χ0) is 14.0. The maximum absolute atomic E-state index is 11.2. The van der Waals surface area contributed by atoms with Crippen LogP contribution in [-0.4, -0.2) is 21.0 Å². The van der Waals surface area contributed by atoms with Crippen molar-refractivity contribution in [2.75, 3.05) is 11.5 Å². The van der Waals surface area contributed by atoms with Crippen LogP contribution in [-0.2, 0) is 0 Å². The summed E-state index contributed by atoms with van der Waals surface area (Å²) < 4.78 is 0. The monoisotopic (exact) mass is 278 g/mol. The third kappa shape index (κ3) is 2.86. The molecule has 2 aromatic rings. The Morgan fingerprint density at radius 1 is 1.37 bits per heavy atom. The number of aromatic amines is 1. The van der Waals surface area contributed by atoms with Crippen LogP contribution >= 0.6 is 11.8 Å². The number of nitrogens with zero attached hydrogens (tertiary/aromatic N) is 1. The Balaban J connectivity index is 2.41. The van der Waals surface area contributed by atoms with E-state index in [1.54, 1.807) is 12.1 Å². The standard InChI is InChI=1S/C11H10N4O3S/c12-7-4-8(16)15-11(14-7)19-6-3-1-2-5(9(6)13)10(17)18/h1-4H,13H2,(H,17,18)(H3,12,14,15,16). The van der Waals surface area contributed by atoms with Gasteiger partial charge in [-0.2, -0.15) is 0 Å². The normalized spacial score (nSPS) is 10.3. The number of carboxylic acid groups (broad SMARTS) is 1. The number of aromatic nitrogens is 2. The molecule has 0 aliphatic rings. The third-order valence-electron chi connectivity index (χ3n) is 2.24. The average molecular weight is 278 g/mol. The highest BCUT2D eigenvalue weighted by Crippen LogP contribution is 2.31. The number of carboxylic acids is 1. The van der Waals surface area contributed by atoms with Crippen molar-refractivity contribution in [1.82, 2.24) is 9.97 Å². The van der Waals surface area contributed by atoms with Gasteiger partial charge in [-0.1, -0.05) is 6.07 Å². The number of para-hydroxylation sites is 1. The summed E-state index contributed by atoms with van der Waals surface area (Å²) in [5.41, 5.74) is 10.9. The minimum atomic E-state index is -1.12. The van der Waals surface area contributed by atoms with Crippen molar-refractivity contribution in [2.45, 2.75) is 10.1 Å². The second-order valence-corrected chi connectivity index (χ2v) is 4.63. The fourth-order valence-corrected chi connectivity index (χ4v) is 2.30. The van der Waals surface area contributed by atoms with E-state index in [0.29, 0.717) is 4.90 Å². The Morgan fingerprint density at radius 3 is 2.74 bits per heavy atom. The van der Waals surface area contributed by atoms with Gasteiger partial charge < -0.3 is 21.6 Å². The summed E-state index contributed by atoms with van der Waals surface area (Å²) in [5.74, 6) is -1.03. The van der Waals surface area contributed by atoms with Gasteiger partial charge in [0.15, 0.2) is 5.16 Å². The Bertz CT molecular complexity index is 699. The van der Waals surface area contributed by atoms with Crippen LogP contribution in [0.1, 0.15) is 10.4 Å². The molecular weight excluding hydrogens is 268 g/mol. The number of carbonyl (C=O) groups is 1. The van der Waals surface area contributed by atoms with Gasteiger partial charge in [-0.15, -0.1) is 0 Å². The summed E-state index contributed by atoms with van der Waals surface area (Å²) in [7, 11) is 0. The average Bonchev–Trinajstić information content (AvgIpc) is 2.30. The number of nitrogens with two attached hydrogens (primary N) is 2. The molecule has 1 heterocycles. The van der Waals surface area contributed by atoms with Gasteiger partial charge in [0.05, 0.1) is 11.3 Å². The smallest absolute Gasteiger partial charge is 0.337 e. The number of hydrogen-bond donors (Lipinski definition) is 4. The largest absolute Gasteiger partial charge is 0.478 e. The zero-order valence-electron chi connectivity index (χ0n) is 9.58. The van der Waals surface area contributed by atoms with Crippen LogP contribution in [0, 0.1) is 0 Å². The minimum Gasteiger partial charge on any atom is -0.478 e. The first-order chi connectivity index (χ1) is 8.97. The molecule has 2 rings (SSSR count). The van der Waals surface area contributed by atoms with E-state index in [-0.39, 0.29) is 27.8 Å². The molecule has 0 radical (unpaired) electrons. The van der Waals surface area contributed by atoms with Crippen LogP contribution in [0.15, 0.2) is 39.1 Å². The van der Waals surface area contributed by atoms with Crippen LogP contribution < -0.4 is 17.0 Å². The number of nitrogen functional groups attached to an aromatic ring is 2. The van der Waals surface area contributed by atoms with Crippen LogP contribution in [0.5, 0.6) is 0 Å². The van der Waals surface area contributed by atoms with Crippen molar-refractivity contribution >= 4 is 29.2 Å². The highest BCUT2D eigenvalue weighted by Gasteiger charge is 2.12. The zero-order valence-corrected chi connectivity index (χ0v) is 10.4. The molecule has 6 N–H and O–H groups in total. The molecule has 0 saturated heterocycles. The fourth-order valence-electron chi connectivity index (χ4n) is 1.43. The first kappa shape index (κ1) is 13.0. The third-order valence-corrected chi connectivity index (χ3v) is 3.21. The first-order valence-electron chi connectivity index (χ1n) is 5.14. The minimum absolute atomic E-state index is 0.00347. The summed E-state index contributed by atoms with van der Waals surface area (Å²) in [4.78, 5) is 29.1. The first-order valence-corrected chi connectivity index (χ1v) is 5.95. The number of H-pyrrole nitrogens is 1. The Morgan fingerprint density at radius 2 is 2.11 bits per heavy atom. The number of aromatic carboxylic acids is 1. The van der Waals surface area contributed by atoms with Gasteiger partial charge in [0.2, 0.25) is 0 Å². The molecule has 0 amide bonds. The molecule has 0 spiro atoms. The van der Waals surface area contributed by atoms with E-state index in [1.165, 1.54) is 6.07 Å². The molecular formula is C11H10N4O3S. The van der Waals surface area contributed by atoms with Crippen LogP contribution in [0.3, 0.4) is 0 Å². The molecule has 0 aliphatic heterocycles. The molecule has 1 aromatic carbocycles. The second kappa shape index (κ2) is 5.02. The molecule has 8 heteroatoms. The van der Waals surface area contributed by atoms with E-state index in [2.05, 4.69) is 9.97 Å². The molecule has 0 bridgehead atoms. The topological polar surface area (TPSA) is 135 Å². The molecule has 0 unspecified atom stereocenters. The Kier molecular flexibility index (Phi) is 3.43. The van der Waals surface area contributed by atoms with E-state index in [1.807, 2.05) is 0 Å². The summed E-state index contributed by atoms with van der Waals surface area (Å²) in [6, 6.07) is 5.75. The number of nitrogens with one attached hydrogen (secondary N) is 1. The summed E-state index contributed by atoms with van der Waals surface area (Å²) in [6.45, 7) is 0. The van der Waals surface area contributed by atoms with Gasteiger partial charge in [0, 0.05) is 11.0 Å². The number of anilines is 2. The van der Waals surface area contributed by atoms with Crippen molar-refractivity contribution in [2.24, 2.45) is 0 Å². The number of benzene rings is 1. The van der Waals surface area contributed by atoms with Crippen molar-refractivity contribution in [3.63, 3.8) is 0 Å². The van der Waals surface area contributed by atoms with Gasteiger partial charge in [0.1, 0.15) is 5.82 Å². The quantitative estimate of drug-likeness (QED) is 0.481. The Hall–Kier alpha value is -2.48. The lowest BCUT2D eigenvalue weighted by Crippen LogP contribution is -2.09. The Labute approximate surface area is 111 Å². The van der Waals surface area contributed by atoms with E-state index < -0.39 is 5.97 Å². The SMILES string of the molecule is Nc1cc(=O)[nH]c(Sc2cccc(C(=O)O)c2N)n1. The molecule has 0 atom stereocenters. The predicted molar refractivity (Wildman–Crippen MR) is 71.2 cm³/mol. The molecule has 7 nitrogen and oxygen atoms in total. The maximum Gasteiger partial charge on any atom is 0.337 e. The highest BCUT2D eigenvalue weighted by molar-refractivity contribution is 7.99. The van der Waals surface area contributed by atoms with Gasteiger partial charge in [-0.3, -0.25) is 4.79 Å². The van der Waals surface area contributed by atoms with E-state index in [0.717, 1.165) is 17.8 Å². The fraction of sp³-hybridized carbons (Fsp3) is 0.